The van der Waals surface area contributed by atoms with Crippen LogP contribution in [-0.4, -0.2) is 35.0 Å². The summed E-state index contributed by atoms with van der Waals surface area (Å²) in [6, 6.07) is 12.9. The number of para-hydroxylation sites is 2. The fourth-order valence-corrected chi connectivity index (χ4v) is 3.29. The summed E-state index contributed by atoms with van der Waals surface area (Å²) in [5.41, 5.74) is 3.00. The maximum atomic E-state index is 12.5. The number of hydrogen-bond donors (Lipinski definition) is 1. The number of ether oxygens (including phenoxy) is 1. The van der Waals surface area contributed by atoms with Gasteiger partial charge in [-0.3, -0.25) is 14.0 Å². The van der Waals surface area contributed by atoms with Gasteiger partial charge in [-0.25, -0.2) is 4.98 Å². The zero-order valence-corrected chi connectivity index (χ0v) is 15.2. The summed E-state index contributed by atoms with van der Waals surface area (Å²) in [4.78, 5) is 31.2. The number of anilines is 1. The zero-order valence-electron chi connectivity index (χ0n) is 15.2. The van der Waals surface area contributed by atoms with Gasteiger partial charge in [-0.1, -0.05) is 18.2 Å². The highest BCUT2D eigenvalue weighted by Gasteiger charge is 2.30. The lowest BCUT2D eigenvalue weighted by atomic mass is 10.1. The number of hydrogen-bond acceptors (Lipinski definition) is 5. The SMILES string of the molecule is CNC(=O)[C@H]1CN(Cc2cc(=O)n3cc(C)ccc3n2)c2ccccc2O1. The van der Waals surface area contributed by atoms with Crippen molar-refractivity contribution in [2.45, 2.75) is 19.6 Å². The van der Waals surface area contributed by atoms with E-state index in [9.17, 15) is 9.59 Å². The third-order valence-corrected chi connectivity index (χ3v) is 4.61. The number of likely N-dealkylation sites (N-methyl/N-ethyl adjacent to an activating group) is 1. The molecule has 1 atom stereocenters. The normalized spacial score (nSPS) is 15.9. The highest BCUT2D eigenvalue weighted by Crippen LogP contribution is 2.33. The maximum absolute atomic E-state index is 12.5. The Hall–Kier alpha value is -3.35. The molecule has 0 saturated heterocycles. The van der Waals surface area contributed by atoms with E-state index in [1.807, 2.05) is 48.2 Å². The second kappa shape index (κ2) is 6.75. The Bertz CT molecular complexity index is 1080. The fourth-order valence-electron chi connectivity index (χ4n) is 3.29. The Morgan fingerprint density at radius 2 is 2.11 bits per heavy atom. The second-order valence-electron chi connectivity index (χ2n) is 6.59. The summed E-state index contributed by atoms with van der Waals surface area (Å²) < 4.78 is 7.36. The third kappa shape index (κ3) is 3.23. The van der Waals surface area contributed by atoms with E-state index < -0.39 is 6.10 Å². The van der Waals surface area contributed by atoms with Crippen molar-refractivity contribution in [2.24, 2.45) is 0 Å². The second-order valence-corrected chi connectivity index (χ2v) is 6.59. The quantitative estimate of drug-likeness (QED) is 0.763. The summed E-state index contributed by atoms with van der Waals surface area (Å²) in [6.07, 6.45) is 1.16. The Labute approximate surface area is 156 Å². The topological polar surface area (TPSA) is 75.9 Å². The molecular weight excluding hydrogens is 344 g/mol. The predicted molar refractivity (Wildman–Crippen MR) is 102 cm³/mol. The number of pyridine rings is 1. The molecule has 0 saturated carbocycles. The number of fused-ring (bicyclic) bond motifs is 2. The van der Waals surface area contributed by atoms with Crippen LogP contribution in [-0.2, 0) is 11.3 Å². The molecule has 0 bridgehead atoms. The Morgan fingerprint density at radius 3 is 2.93 bits per heavy atom. The van der Waals surface area contributed by atoms with Crippen LogP contribution in [0.2, 0.25) is 0 Å². The molecule has 1 aromatic carbocycles. The van der Waals surface area contributed by atoms with E-state index in [0.29, 0.717) is 30.2 Å². The minimum Gasteiger partial charge on any atom is -0.477 e. The van der Waals surface area contributed by atoms with Crippen LogP contribution < -0.4 is 20.5 Å². The average Bonchev–Trinajstić information content (AvgIpc) is 2.68. The Balaban J connectivity index is 1.70. The third-order valence-electron chi connectivity index (χ3n) is 4.61. The van der Waals surface area contributed by atoms with Gasteiger partial charge >= 0.3 is 0 Å². The molecule has 27 heavy (non-hydrogen) atoms. The van der Waals surface area contributed by atoms with E-state index in [-0.39, 0.29) is 11.5 Å². The van der Waals surface area contributed by atoms with E-state index in [2.05, 4.69) is 10.3 Å². The van der Waals surface area contributed by atoms with Crippen molar-refractivity contribution in [1.29, 1.82) is 0 Å². The molecule has 1 aliphatic rings. The van der Waals surface area contributed by atoms with Gasteiger partial charge in [-0.15, -0.1) is 0 Å². The number of carbonyl (C=O) groups is 1. The van der Waals surface area contributed by atoms with Gasteiger partial charge in [-0.05, 0) is 30.7 Å². The smallest absolute Gasteiger partial charge is 0.262 e. The van der Waals surface area contributed by atoms with Gasteiger partial charge in [0.1, 0.15) is 11.4 Å². The first-order valence-electron chi connectivity index (χ1n) is 8.76. The minimum atomic E-state index is -0.617. The standard InChI is InChI=1S/C20H20N4O3/c1-13-7-8-18-22-14(9-19(25)24(18)10-13)11-23-12-17(20(26)21-2)27-16-6-4-3-5-15(16)23/h3-10,17H,11-12H2,1-2H3,(H,21,26)/t17-/m1/s1. The molecule has 7 nitrogen and oxygen atoms in total. The number of rotatable bonds is 3. The van der Waals surface area contributed by atoms with Crippen molar-refractivity contribution in [3.8, 4) is 5.75 Å². The molecule has 0 unspecified atom stereocenters. The first-order chi connectivity index (χ1) is 13.0. The molecule has 1 amide bonds. The van der Waals surface area contributed by atoms with Crippen LogP contribution in [0.25, 0.3) is 5.65 Å². The summed E-state index contributed by atoms with van der Waals surface area (Å²) in [5, 5.41) is 2.63. The molecule has 3 heterocycles. The van der Waals surface area contributed by atoms with E-state index in [4.69, 9.17) is 4.74 Å². The fraction of sp³-hybridized carbons (Fsp3) is 0.250. The van der Waals surface area contributed by atoms with Crippen LogP contribution in [0.1, 0.15) is 11.3 Å². The van der Waals surface area contributed by atoms with Crippen LogP contribution in [0.5, 0.6) is 5.75 Å². The number of carbonyl (C=O) groups excluding carboxylic acids is 1. The first-order valence-corrected chi connectivity index (χ1v) is 8.76. The zero-order chi connectivity index (χ0) is 19.0. The first kappa shape index (κ1) is 17.1. The molecule has 0 aliphatic carbocycles. The minimum absolute atomic E-state index is 0.122. The summed E-state index contributed by atoms with van der Waals surface area (Å²) in [6.45, 7) is 2.72. The summed E-state index contributed by atoms with van der Waals surface area (Å²) in [7, 11) is 1.59. The number of nitrogens with zero attached hydrogens (tertiary/aromatic N) is 3. The molecule has 4 rings (SSSR count). The van der Waals surface area contributed by atoms with Crippen molar-refractivity contribution < 1.29 is 9.53 Å². The van der Waals surface area contributed by atoms with Gasteiger partial charge in [0, 0.05) is 19.3 Å². The van der Waals surface area contributed by atoms with E-state index in [0.717, 1.165) is 11.3 Å². The van der Waals surface area contributed by atoms with Gasteiger partial charge in [0.2, 0.25) is 0 Å². The van der Waals surface area contributed by atoms with E-state index in [1.165, 1.54) is 0 Å². The summed E-state index contributed by atoms with van der Waals surface area (Å²) in [5.74, 6) is 0.460. The lowest BCUT2D eigenvalue weighted by Crippen LogP contribution is -2.48. The van der Waals surface area contributed by atoms with Crippen molar-refractivity contribution in [1.82, 2.24) is 14.7 Å². The van der Waals surface area contributed by atoms with Crippen molar-refractivity contribution in [3.63, 3.8) is 0 Å². The molecule has 7 heteroatoms. The van der Waals surface area contributed by atoms with Crippen LogP contribution >= 0.6 is 0 Å². The van der Waals surface area contributed by atoms with Crippen molar-refractivity contribution in [2.75, 3.05) is 18.5 Å². The predicted octanol–water partition coefficient (Wildman–Crippen LogP) is 1.52. The number of aromatic nitrogens is 2. The molecule has 138 valence electrons. The lowest BCUT2D eigenvalue weighted by molar-refractivity contribution is -0.127. The van der Waals surface area contributed by atoms with Crippen molar-refractivity contribution >= 4 is 17.2 Å². The number of nitrogens with one attached hydrogen (secondary N) is 1. The molecule has 1 aliphatic heterocycles. The van der Waals surface area contributed by atoms with Crippen LogP contribution in [0, 0.1) is 6.92 Å². The molecule has 1 N–H and O–H groups in total. The highest BCUT2D eigenvalue weighted by atomic mass is 16.5. The van der Waals surface area contributed by atoms with Gasteiger partial charge in [0.25, 0.3) is 11.5 Å². The Morgan fingerprint density at radius 1 is 1.30 bits per heavy atom. The molecule has 0 radical (unpaired) electrons. The molecule has 0 fully saturated rings. The summed E-state index contributed by atoms with van der Waals surface area (Å²) >= 11 is 0. The molecule has 3 aromatic rings. The molecule has 0 spiro atoms. The van der Waals surface area contributed by atoms with Gasteiger partial charge in [0.15, 0.2) is 6.10 Å². The average molecular weight is 364 g/mol. The number of amides is 1. The van der Waals surface area contributed by atoms with Crippen LogP contribution in [0.3, 0.4) is 0 Å². The van der Waals surface area contributed by atoms with Gasteiger partial charge in [0.05, 0.1) is 24.5 Å². The maximum Gasteiger partial charge on any atom is 0.262 e. The molecule has 2 aromatic heterocycles. The van der Waals surface area contributed by atoms with Gasteiger partial charge in [-0.2, -0.15) is 0 Å². The Kier molecular flexibility index (Phi) is 4.27. The van der Waals surface area contributed by atoms with E-state index >= 15 is 0 Å². The lowest BCUT2D eigenvalue weighted by Gasteiger charge is -2.35. The number of benzene rings is 1. The number of aryl methyl sites for hydroxylation is 1. The van der Waals surface area contributed by atoms with Crippen molar-refractivity contribution in [3.05, 3.63) is 70.3 Å². The largest absolute Gasteiger partial charge is 0.477 e. The van der Waals surface area contributed by atoms with Gasteiger partial charge < -0.3 is 15.0 Å². The van der Waals surface area contributed by atoms with Crippen LogP contribution in [0.4, 0.5) is 5.69 Å². The molecular formula is C20H20N4O3. The van der Waals surface area contributed by atoms with E-state index in [1.54, 1.807) is 23.7 Å². The highest BCUT2D eigenvalue weighted by molar-refractivity contribution is 5.83. The van der Waals surface area contributed by atoms with Crippen LogP contribution in [0.15, 0.2) is 53.5 Å². The monoisotopic (exact) mass is 364 g/mol.